The maximum atomic E-state index is 4.04. The van der Waals surface area contributed by atoms with Crippen LogP contribution in [-0.4, -0.2) is 0 Å². The summed E-state index contributed by atoms with van der Waals surface area (Å²) in [7, 11) is 0. The minimum atomic E-state index is -0.546. The number of hydrogen-bond acceptors (Lipinski definition) is 1. The van der Waals surface area contributed by atoms with Crippen LogP contribution in [-0.2, 0) is 10.8 Å². The summed E-state index contributed by atoms with van der Waals surface area (Å²) in [6, 6.07) is 71.5. The van der Waals surface area contributed by atoms with Crippen LogP contribution in [0.1, 0.15) is 47.2 Å². The summed E-state index contributed by atoms with van der Waals surface area (Å²) in [5.74, 6) is 0. The lowest BCUT2D eigenvalue weighted by atomic mass is 9.67. The molecule has 8 aromatic carbocycles. The number of hydrogen-bond donors (Lipinski definition) is 0. The summed E-state index contributed by atoms with van der Waals surface area (Å²) < 4.78 is 1.09. The largest absolute Gasteiger partial charge is 0.310 e. The van der Waals surface area contributed by atoms with E-state index in [1.165, 1.54) is 66.8 Å². The van der Waals surface area contributed by atoms with E-state index in [0.717, 1.165) is 21.5 Å². The molecule has 0 spiro atoms. The summed E-state index contributed by atoms with van der Waals surface area (Å²) in [5.41, 5.74) is 18.0. The van der Waals surface area contributed by atoms with E-state index >= 15 is 0 Å². The topological polar surface area (TPSA) is 3.24 Å². The predicted molar refractivity (Wildman–Crippen MR) is 229 cm³/mol. The summed E-state index contributed by atoms with van der Waals surface area (Å²) in [5, 5.41) is 0. The fourth-order valence-corrected chi connectivity index (χ4v) is 10.0. The van der Waals surface area contributed by atoms with Crippen LogP contribution in [0, 0.1) is 0 Å². The highest BCUT2D eigenvalue weighted by atomic mass is 79.9. The summed E-state index contributed by atoms with van der Waals surface area (Å²) in [4.78, 5) is 2.48. The monoisotopic (exact) mass is 755 g/mol. The number of anilines is 3. The number of benzene rings is 8. The van der Waals surface area contributed by atoms with Crippen LogP contribution >= 0.6 is 15.9 Å². The van der Waals surface area contributed by atoms with Crippen LogP contribution in [0.3, 0.4) is 0 Å². The van der Waals surface area contributed by atoms with Gasteiger partial charge in [0.05, 0.1) is 11.1 Å². The molecule has 0 unspecified atom stereocenters. The van der Waals surface area contributed by atoms with Crippen molar-refractivity contribution in [2.24, 2.45) is 0 Å². The molecule has 0 bridgehead atoms. The molecule has 0 aliphatic heterocycles. The molecule has 0 saturated heterocycles. The first-order valence-corrected chi connectivity index (χ1v) is 19.5. The molecule has 0 aromatic heterocycles. The van der Waals surface area contributed by atoms with Crippen molar-refractivity contribution in [2.75, 3.05) is 4.90 Å². The minimum Gasteiger partial charge on any atom is -0.310 e. The standard InChI is InChI=1S/C52H38BrN/c1-51(2)44-25-10-6-22-40(44)43-32-31-38(34-48(43)51)54(50-30-15-9-21-39(50)35-17-4-3-5-18-35)37-20-16-19-36(33-37)52(47-28-13-14-29-49(47)53)45-26-11-7-23-41(45)42-24-8-12-27-46(42)52/h3-34H,1-2H3. The lowest BCUT2D eigenvalue weighted by Crippen LogP contribution is -2.29. The first-order chi connectivity index (χ1) is 26.5. The zero-order valence-corrected chi connectivity index (χ0v) is 31.9. The van der Waals surface area contributed by atoms with Crippen LogP contribution in [0.5, 0.6) is 0 Å². The van der Waals surface area contributed by atoms with Gasteiger partial charge in [0.15, 0.2) is 0 Å². The van der Waals surface area contributed by atoms with Gasteiger partial charge in [-0.2, -0.15) is 0 Å². The van der Waals surface area contributed by atoms with Crippen LogP contribution < -0.4 is 4.90 Å². The van der Waals surface area contributed by atoms with Gasteiger partial charge in [-0.15, -0.1) is 0 Å². The second-order valence-electron chi connectivity index (χ2n) is 15.0. The normalized spacial score (nSPS) is 14.1. The smallest absolute Gasteiger partial charge is 0.0725 e. The molecule has 1 nitrogen and oxygen atoms in total. The van der Waals surface area contributed by atoms with Crippen molar-refractivity contribution in [3.63, 3.8) is 0 Å². The third-order valence-electron chi connectivity index (χ3n) is 11.8. The first-order valence-electron chi connectivity index (χ1n) is 18.7. The molecule has 0 saturated carbocycles. The van der Waals surface area contributed by atoms with Gasteiger partial charge in [-0.3, -0.25) is 0 Å². The Morgan fingerprint density at radius 3 is 1.59 bits per heavy atom. The summed E-state index contributed by atoms with van der Waals surface area (Å²) >= 11 is 4.04. The van der Waals surface area contributed by atoms with E-state index < -0.39 is 5.41 Å². The van der Waals surface area contributed by atoms with Crippen molar-refractivity contribution in [2.45, 2.75) is 24.7 Å². The van der Waals surface area contributed by atoms with E-state index in [9.17, 15) is 0 Å². The lowest BCUT2D eigenvalue weighted by molar-refractivity contribution is 0.660. The Balaban J connectivity index is 1.25. The third kappa shape index (κ3) is 4.76. The molecular formula is C52H38BrN. The maximum Gasteiger partial charge on any atom is 0.0725 e. The molecule has 0 N–H and O–H groups in total. The Hall–Kier alpha value is -5.96. The number of fused-ring (bicyclic) bond motifs is 6. The van der Waals surface area contributed by atoms with Gasteiger partial charge in [-0.25, -0.2) is 0 Å². The Morgan fingerprint density at radius 1 is 0.389 bits per heavy atom. The number of rotatable bonds is 6. The van der Waals surface area contributed by atoms with Crippen LogP contribution in [0.4, 0.5) is 17.1 Å². The van der Waals surface area contributed by atoms with Gasteiger partial charge in [0.1, 0.15) is 0 Å². The summed E-state index contributed by atoms with van der Waals surface area (Å²) in [6.45, 7) is 4.72. The highest BCUT2D eigenvalue weighted by Crippen LogP contribution is 2.58. The predicted octanol–water partition coefficient (Wildman–Crippen LogP) is 14.3. The average Bonchev–Trinajstić information content (AvgIpc) is 3.65. The van der Waals surface area contributed by atoms with E-state index in [1.54, 1.807) is 0 Å². The molecule has 54 heavy (non-hydrogen) atoms. The van der Waals surface area contributed by atoms with Crippen molar-refractivity contribution in [3.8, 4) is 33.4 Å². The molecule has 10 rings (SSSR count). The average molecular weight is 757 g/mol. The third-order valence-corrected chi connectivity index (χ3v) is 12.5. The number of halogens is 1. The van der Waals surface area contributed by atoms with Crippen LogP contribution in [0.2, 0.25) is 0 Å². The van der Waals surface area contributed by atoms with E-state index in [4.69, 9.17) is 0 Å². The molecule has 0 fully saturated rings. The SMILES string of the molecule is CC1(C)c2ccccc2-c2ccc(N(c3cccc(C4(c5ccccc5Br)c5ccccc5-c5ccccc54)c3)c3ccccc3-c3ccccc3)cc21. The van der Waals surface area contributed by atoms with E-state index in [0.29, 0.717) is 0 Å². The van der Waals surface area contributed by atoms with Crippen molar-refractivity contribution < 1.29 is 0 Å². The molecule has 0 radical (unpaired) electrons. The fraction of sp³-hybridized carbons (Fsp3) is 0.0769. The molecule has 0 heterocycles. The van der Waals surface area contributed by atoms with Gasteiger partial charge in [-0.1, -0.05) is 188 Å². The summed E-state index contributed by atoms with van der Waals surface area (Å²) in [6.07, 6.45) is 0. The second-order valence-corrected chi connectivity index (χ2v) is 15.8. The minimum absolute atomic E-state index is 0.130. The molecule has 2 heteroatoms. The molecule has 0 amide bonds. The molecule has 2 aliphatic rings. The van der Waals surface area contributed by atoms with E-state index in [1.807, 2.05) is 0 Å². The van der Waals surface area contributed by atoms with Crippen molar-refractivity contribution in [1.82, 2.24) is 0 Å². The Kier molecular flexibility index (Phi) is 7.61. The van der Waals surface area contributed by atoms with Gasteiger partial charge in [0, 0.05) is 26.8 Å². The van der Waals surface area contributed by atoms with Crippen molar-refractivity contribution in [3.05, 3.63) is 232 Å². The maximum absolute atomic E-state index is 4.04. The number of para-hydroxylation sites is 1. The Labute approximate surface area is 326 Å². The lowest BCUT2D eigenvalue weighted by Gasteiger charge is -2.36. The van der Waals surface area contributed by atoms with Gasteiger partial charge >= 0.3 is 0 Å². The second kappa shape index (κ2) is 12.6. The zero-order chi connectivity index (χ0) is 36.4. The first kappa shape index (κ1) is 32.7. The number of nitrogens with zero attached hydrogens (tertiary/aromatic N) is 1. The Morgan fingerprint density at radius 2 is 0.907 bits per heavy atom. The van der Waals surface area contributed by atoms with Gasteiger partial charge < -0.3 is 4.90 Å². The molecule has 258 valence electrons. The van der Waals surface area contributed by atoms with Gasteiger partial charge in [0.25, 0.3) is 0 Å². The molecular weight excluding hydrogens is 718 g/mol. The van der Waals surface area contributed by atoms with Crippen molar-refractivity contribution >= 4 is 33.0 Å². The van der Waals surface area contributed by atoms with Crippen molar-refractivity contribution in [1.29, 1.82) is 0 Å². The van der Waals surface area contributed by atoms with Crippen LogP contribution in [0.15, 0.2) is 199 Å². The highest BCUT2D eigenvalue weighted by Gasteiger charge is 2.47. The van der Waals surface area contributed by atoms with E-state index in [-0.39, 0.29) is 5.41 Å². The molecule has 0 atom stereocenters. The Bertz CT molecular complexity index is 2680. The molecule has 2 aliphatic carbocycles. The van der Waals surface area contributed by atoms with Gasteiger partial charge in [-0.05, 0) is 97.6 Å². The zero-order valence-electron chi connectivity index (χ0n) is 30.3. The highest BCUT2D eigenvalue weighted by molar-refractivity contribution is 9.10. The molecule has 8 aromatic rings. The van der Waals surface area contributed by atoms with Crippen LogP contribution in [0.25, 0.3) is 33.4 Å². The van der Waals surface area contributed by atoms with Gasteiger partial charge in [0.2, 0.25) is 0 Å². The fourth-order valence-electron chi connectivity index (χ4n) is 9.42. The quantitative estimate of drug-likeness (QED) is 0.163. The van der Waals surface area contributed by atoms with E-state index in [2.05, 4.69) is 229 Å².